The Kier molecular flexibility index (Phi) is 5.00. The molecule has 0 fully saturated rings. The first kappa shape index (κ1) is 16.7. The fourth-order valence-corrected chi connectivity index (χ4v) is 2.94. The highest BCUT2D eigenvalue weighted by Crippen LogP contribution is 2.29. The molecule has 0 radical (unpaired) electrons. The third kappa shape index (κ3) is 3.51. The minimum atomic E-state index is -1.11. The van der Waals surface area contributed by atoms with Crippen LogP contribution in [-0.4, -0.2) is 29.5 Å². The van der Waals surface area contributed by atoms with Crippen LogP contribution < -0.4 is 0 Å². The molecule has 3 rings (SSSR count). The third-order valence-corrected chi connectivity index (χ3v) is 4.43. The van der Waals surface area contributed by atoms with Crippen molar-refractivity contribution in [2.45, 2.75) is 19.8 Å². The normalized spacial score (nSPS) is 15.4. The lowest BCUT2D eigenvalue weighted by Crippen LogP contribution is -2.30. The summed E-state index contributed by atoms with van der Waals surface area (Å²) < 4.78 is 41.2. The molecule has 2 nitrogen and oxygen atoms in total. The van der Waals surface area contributed by atoms with Crippen molar-refractivity contribution in [1.82, 2.24) is 9.88 Å². The summed E-state index contributed by atoms with van der Waals surface area (Å²) in [5, 5.41) is 0. The van der Waals surface area contributed by atoms with E-state index in [1.165, 1.54) is 6.92 Å². The molecule has 0 unspecified atom stereocenters. The van der Waals surface area contributed by atoms with E-state index in [2.05, 4.69) is 9.88 Å². The molecule has 0 spiro atoms. The lowest BCUT2D eigenvalue weighted by molar-refractivity contribution is 0.304. The molecular weight excluding hydrogens is 313 g/mol. The summed E-state index contributed by atoms with van der Waals surface area (Å²) in [5.41, 5.74) is 1.69. The fraction of sp³-hybridized carbons (Fsp3) is 0.316. The highest BCUT2D eigenvalue weighted by atomic mass is 19.2. The Hall–Kier alpha value is -2.14. The Morgan fingerprint density at radius 1 is 1.17 bits per heavy atom. The highest BCUT2D eigenvalue weighted by molar-refractivity contribution is 5.68. The van der Waals surface area contributed by atoms with Gasteiger partial charge in [0.1, 0.15) is 5.82 Å². The smallest absolute Gasteiger partial charge is 0.164 e. The zero-order chi connectivity index (χ0) is 17.1. The maximum absolute atomic E-state index is 14.2. The molecule has 24 heavy (non-hydrogen) atoms. The zero-order valence-corrected chi connectivity index (χ0v) is 13.5. The van der Waals surface area contributed by atoms with Crippen molar-refractivity contribution in [3.05, 3.63) is 70.8 Å². The van der Waals surface area contributed by atoms with Gasteiger partial charge in [0.25, 0.3) is 0 Å². The number of pyridine rings is 1. The van der Waals surface area contributed by atoms with Gasteiger partial charge in [0, 0.05) is 49.1 Å². The number of benzene rings is 1. The number of nitrogens with zero attached hydrogens (tertiary/aromatic N) is 2. The molecule has 0 aliphatic carbocycles. The van der Waals surface area contributed by atoms with Crippen LogP contribution in [-0.2, 0) is 6.42 Å². The summed E-state index contributed by atoms with van der Waals surface area (Å²) in [6.07, 6.45) is 5.14. The Morgan fingerprint density at radius 2 is 2.00 bits per heavy atom. The van der Waals surface area contributed by atoms with E-state index < -0.39 is 17.5 Å². The average Bonchev–Trinajstić information content (AvgIpc) is 2.62. The van der Waals surface area contributed by atoms with Gasteiger partial charge < -0.3 is 0 Å². The van der Waals surface area contributed by atoms with E-state index in [1.54, 1.807) is 6.20 Å². The molecule has 2 heterocycles. The van der Waals surface area contributed by atoms with Gasteiger partial charge in [-0.25, -0.2) is 13.2 Å². The van der Waals surface area contributed by atoms with Gasteiger partial charge in [-0.05, 0) is 37.1 Å². The highest BCUT2D eigenvalue weighted by Gasteiger charge is 2.20. The predicted octanol–water partition coefficient (Wildman–Crippen LogP) is 4.14. The van der Waals surface area contributed by atoms with Crippen LogP contribution in [0.15, 0.2) is 36.5 Å². The van der Waals surface area contributed by atoms with E-state index in [0.29, 0.717) is 13.0 Å². The predicted molar refractivity (Wildman–Crippen MR) is 88.0 cm³/mol. The van der Waals surface area contributed by atoms with Crippen LogP contribution in [0.1, 0.15) is 23.2 Å². The minimum Gasteiger partial charge on any atom is -0.299 e. The molecule has 0 saturated heterocycles. The Morgan fingerprint density at radius 3 is 2.67 bits per heavy atom. The molecular formula is C19H19F3N2. The van der Waals surface area contributed by atoms with Crippen molar-refractivity contribution < 1.29 is 13.2 Å². The van der Waals surface area contributed by atoms with Gasteiger partial charge in [0.15, 0.2) is 11.6 Å². The zero-order valence-electron chi connectivity index (χ0n) is 13.5. The first-order valence-corrected chi connectivity index (χ1v) is 8.02. The van der Waals surface area contributed by atoms with E-state index in [4.69, 9.17) is 0 Å². The van der Waals surface area contributed by atoms with Crippen LogP contribution >= 0.6 is 0 Å². The molecule has 0 saturated carbocycles. The van der Waals surface area contributed by atoms with E-state index >= 15 is 0 Å². The van der Waals surface area contributed by atoms with E-state index in [0.717, 1.165) is 36.8 Å². The summed E-state index contributed by atoms with van der Waals surface area (Å²) in [4.78, 5) is 6.53. The molecule has 126 valence electrons. The molecule has 5 heteroatoms. The Bertz CT molecular complexity index is 757. The Balaban J connectivity index is 1.68. The van der Waals surface area contributed by atoms with Crippen LogP contribution in [0.25, 0.3) is 5.57 Å². The summed E-state index contributed by atoms with van der Waals surface area (Å²) in [6, 6.07) is 6.81. The second-order valence-corrected chi connectivity index (χ2v) is 6.01. The number of hydrogen-bond acceptors (Lipinski definition) is 2. The van der Waals surface area contributed by atoms with Crippen molar-refractivity contribution in [2.75, 3.05) is 19.6 Å². The SMILES string of the molecule is Cc1c(F)c(F)cc(C2=CCN(CCc3ccccn3)CC2)c1F. The average molecular weight is 332 g/mol. The summed E-state index contributed by atoms with van der Waals surface area (Å²) >= 11 is 0. The fourth-order valence-electron chi connectivity index (χ4n) is 2.94. The topological polar surface area (TPSA) is 16.1 Å². The molecule has 1 aliphatic heterocycles. The maximum atomic E-state index is 14.2. The standard InChI is InChI=1S/C19H19F3N2/c1-13-18(21)16(12-17(20)19(13)22)14-5-9-24(10-6-14)11-7-15-4-2-3-8-23-15/h2-5,8,12H,6-7,9-11H2,1H3. The minimum absolute atomic E-state index is 0.177. The second kappa shape index (κ2) is 7.18. The monoisotopic (exact) mass is 332 g/mol. The van der Waals surface area contributed by atoms with E-state index in [9.17, 15) is 13.2 Å². The lowest BCUT2D eigenvalue weighted by atomic mass is 9.96. The van der Waals surface area contributed by atoms with Gasteiger partial charge in [0.05, 0.1) is 0 Å². The first-order valence-electron chi connectivity index (χ1n) is 8.02. The van der Waals surface area contributed by atoms with Crippen molar-refractivity contribution >= 4 is 5.57 Å². The molecule has 2 aromatic rings. The van der Waals surface area contributed by atoms with Crippen molar-refractivity contribution in [2.24, 2.45) is 0 Å². The van der Waals surface area contributed by atoms with Crippen molar-refractivity contribution in [3.8, 4) is 0 Å². The second-order valence-electron chi connectivity index (χ2n) is 6.01. The lowest BCUT2D eigenvalue weighted by Gasteiger charge is -2.26. The number of hydrogen-bond donors (Lipinski definition) is 0. The molecule has 0 atom stereocenters. The summed E-state index contributed by atoms with van der Waals surface area (Å²) in [6.45, 7) is 3.55. The van der Waals surface area contributed by atoms with Crippen molar-refractivity contribution in [1.29, 1.82) is 0 Å². The number of rotatable bonds is 4. The van der Waals surface area contributed by atoms with Crippen LogP contribution in [0.4, 0.5) is 13.2 Å². The summed E-state index contributed by atoms with van der Waals surface area (Å²) in [5.74, 6) is -2.77. The van der Waals surface area contributed by atoms with Crippen LogP contribution in [0.2, 0.25) is 0 Å². The van der Waals surface area contributed by atoms with Gasteiger partial charge in [0.2, 0.25) is 0 Å². The number of halogens is 3. The molecule has 0 bridgehead atoms. The molecule has 0 amide bonds. The van der Waals surface area contributed by atoms with Gasteiger partial charge >= 0.3 is 0 Å². The van der Waals surface area contributed by atoms with Gasteiger partial charge in [-0.3, -0.25) is 9.88 Å². The Labute approximate surface area is 139 Å². The van der Waals surface area contributed by atoms with Crippen LogP contribution in [0, 0.1) is 24.4 Å². The molecule has 1 aliphatic rings. The third-order valence-electron chi connectivity index (χ3n) is 4.43. The number of aromatic nitrogens is 1. The van der Waals surface area contributed by atoms with E-state index in [1.807, 2.05) is 24.3 Å². The van der Waals surface area contributed by atoms with Crippen molar-refractivity contribution in [3.63, 3.8) is 0 Å². The van der Waals surface area contributed by atoms with E-state index in [-0.39, 0.29) is 11.1 Å². The van der Waals surface area contributed by atoms with Crippen LogP contribution in [0.3, 0.4) is 0 Å². The maximum Gasteiger partial charge on any atom is 0.164 e. The van der Waals surface area contributed by atoms with Gasteiger partial charge in [-0.15, -0.1) is 0 Å². The molecule has 0 N–H and O–H groups in total. The first-order chi connectivity index (χ1) is 11.6. The molecule has 1 aromatic carbocycles. The van der Waals surface area contributed by atoms with Gasteiger partial charge in [-0.2, -0.15) is 0 Å². The quantitative estimate of drug-likeness (QED) is 0.782. The van der Waals surface area contributed by atoms with Gasteiger partial charge in [-0.1, -0.05) is 12.1 Å². The van der Waals surface area contributed by atoms with Crippen LogP contribution in [0.5, 0.6) is 0 Å². The molecule has 1 aromatic heterocycles. The summed E-state index contributed by atoms with van der Waals surface area (Å²) in [7, 11) is 0. The largest absolute Gasteiger partial charge is 0.299 e.